The Kier molecular flexibility index (Phi) is 3.33. The van der Waals surface area contributed by atoms with Crippen LogP contribution in [0.3, 0.4) is 0 Å². The lowest BCUT2D eigenvalue weighted by Crippen LogP contribution is -1.89. The Hall–Kier alpha value is -0.940. The van der Waals surface area contributed by atoms with Gasteiger partial charge < -0.3 is 4.74 Å². The first kappa shape index (κ1) is 10.6. The summed E-state index contributed by atoms with van der Waals surface area (Å²) in [4.78, 5) is 7.86. The van der Waals surface area contributed by atoms with E-state index in [4.69, 9.17) is 4.74 Å². The predicted molar refractivity (Wildman–Crippen MR) is 63.9 cm³/mol. The van der Waals surface area contributed by atoms with E-state index >= 15 is 0 Å². The van der Waals surface area contributed by atoms with Crippen molar-refractivity contribution in [1.82, 2.24) is 9.97 Å². The number of hydrogen-bond acceptors (Lipinski definition) is 3. The summed E-state index contributed by atoms with van der Waals surface area (Å²) in [5.41, 5.74) is 0. The highest BCUT2D eigenvalue weighted by atomic mass is 79.9. The zero-order valence-electron chi connectivity index (χ0n) is 7.52. The van der Waals surface area contributed by atoms with E-state index in [0.29, 0.717) is 5.88 Å². The fourth-order valence-electron chi connectivity index (χ4n) is 1.02. The molecule has 1 aromatic carbocycles. The van der Waals surface area contributed by atoms with E-state index < -0.39 is 0 Å². The zero-order valence-corrected chi connectivity index (χ0v) is 10.7. The van der Waals surface area contributed by atoms with E-state index in [-0.39, 0.29) is 0 Å². The van der Waals surface area contributed by atoms with Gasteiger partial charge in [0.25, 0.3) is 0 Å². The molecular weight excluding hydrogens is 324 g/mol. The Bertz CT molecular complexity index is 476. The van der Waals surface area contributed by atoms with E-state index in [1.54, 1.807) is 6.20 Å². The lowest BCUT2D eigenvalue weighted by Gasteiger charge is -2.05. The topological polar surface area (TPSA) is 35.0 Å². The second-order valence-corrected chi connectivity index (χ2v) is 4.51. The molecular formula is C10H6Br2N2O. The highest BCUT2D eigenvalue weighted by Crippen LogP contribution is 2.27. The Labute approximate surface area is 104 Å². The molecule has 2 aromatic rings. The Morgan fingerprint density at radius 1 is 1.20 bits per heavy atom. The van der Waals surface area contributed by atoms with Crippen molar-refractivity contribution in [2.24, 2.45) is 0 Å². The van der Waals surface area contributed by atoms with Crippen LogP contribution >= 0.6 is 31.9 Å². The maximum absolute atomic E-state index is 5.56. The highest BCUT2D eigenvalue weighted by molar-refractivity contribution is 9.10. The quantitative estimate of drug-likeness (QED) is 0.840. The van der Waals surface area contributed by atoms with Crippen molar-refractivity contribution < 1.29 is 4.74 Å². The molecule has 2 rings (SSSR count). The van der Waals surface area contributed by atoms with Crippen LogP contribution < -0.4 is 4.74 Å². The van der Waals surface area contributed by atoms with Crippen molar-refractivity contribution in [3.8, 4) is 11.6 Å². The minimum Gasteiger partial charge on any atom is -0.438 e. The molecule has 1 heterocycles. The molecule has 0 saturated carbocycles. The van der Waals surface area contributed by atoms with Crippen LogP contribution in [-0.2, 0) is 0 Å². The minimum absolute atomic E-state index is 0.503. The van der Waals surface area contributed by atoms with E-state index in [2.05, 4.69) is 41.8 Å². The summed E-state index contributed by atoms with van der Waals surface area (Å²) in [6, 6.07) is 7.56. The number of hydrogen-bond donors (Lipinski definition) is 0. The minimum atomic E-state index is 0.503. The van der Waals surface area contributed by atoms with Gasteiger partial charge in [0, 0.05) is 10.7 Å². The number of benzene rings is 1. The Morgan fingerprint density at radius 2 is 2.07 bits per heavy atom. The molecule has 0 saturated heterocycles. The predicted octanol–water partition coefficient (Wildman–Crippen LogP) is 3.79. The van der Waals surface area contributed by atoms with Gasteiger partial charge in [-0.25, -0.2) is 9.97 Å². The SMILES string of the molecule is Brc1cccc(Oc2ncncc2Br)c1. The zero-order chi connectivity index (χ0) is 10.7. The number of rotatable bonds is 2. The molecule has 0 amide bonds. The van der Waals surface area contributed by atoms with Crippen LogP contribution in [0.2, 0.25) is 0 Å². The smallest absolute Gasteiger partial charge is 0.236 e. The van der Waals surface area contributed by atoms with Crippen LogP contribution in [0, 0.1) is 0 Å². The molecule has 0 unspecified atom stereocenters. The first-order chi connectivity index (χ1) is 7.25. The molecule has 5 heteroatoms. The van der Waals surface area contributed by atoms with Crippen LogP contribution in [0.4, 0.5) is 0 Å². The first-order valence-corrected chi connectivity index (χ1v) is 5.73. The van der Waals surface area contributed by atoms with Gasteiger partial charge in [-0.1, -0.05) is 22.0 Å². The number of ether oxygens (including phenoxy) is 1. The van der Waals surface area contributed by atoms with Gasteiger partial charge in [0.05, 0.1) is 4.47 Å². The van der Waals surface area contributed by atoms with Crippen LogP contribution in [0.1, 0.15) is 0 Å². The lowest BCUT2D eigenvalue weighted by molar-refractivity contribution is 0.457. The second-order valence-electron chi connectivity index (χ2n) is 2.74. The summed E-state index contributed by atoms with van der Waals surface area (Å²) in [7, 11) is 0. The third-order valence-corrected chi connectivity index (χ3v) is 2.68. The molecule has 0 atom stereocenters. The van der Waals surface area contributed by atoms with E-state index in [1.807, 2.05) is 24.3 Å². The monoisotopic (exact) mass is 328 g/mol. The third-order valence-electron chi connectivity index (χ3n) is 1.64. The van der Waals surface area contributed by atoms with Crippen LogP contribution in [0.15, 0.2) is 45.7 Å². The lowest BCUT2D eigenvalue weighted by atomic mass is 10.3. The number of nitrogens with zero attached hydrogens (tertiary/aromatic N) is 2. The number of aromatic nitrogens is 2. The summed E-state index contributed by atoms with van der Waals surface area (Å²) in [6.07, 6.45) is 3.08. The van der Waals surface area contributed by atoms with Crippen molar-refractivity contribution in [1.29, 1.82) is 0 Å². The fourth-order valence-corrected chi connectivity index (χ4v) is 1.70. The normalized spacial score (nSPS) is 10.0. The van der Waals surface area contributed by atoms with Crippen LogP contribution in [-0.4, -0.2) is 9.97 Å². The van der Waals surface area contributed by atoms with Crippen molar-refractivity contribution in [2.45, 2.75) is 0 Å². The van der Waals surface area contributed by atoms with Crippen molar-refractivity contribution >= 4 is 31.9 Å². The summed E-state index contributed by atoms with van der Waals surface area (Å²) in [5, 5.41) is 0. The molecule has 0 fully saturated rings. The Morgan fingerprint density at radius 3 is 2.80 bits per heavy atom. The molecule has 0 bridgehead atoms. The van der Waals surface area contributed by atoms with Crippen LogP contribution in [0.5, 0.6) is 11.6 Å². The van der Waals surface area contributed by atoms with E-state index in [9.17, 15) is 0 Å². The van der Waals surface area contributed by atoms with Gasteiger partial charge in [0.2, 0.25) is 5.88 Å². The molecule has 0 radical (unpaired) electrons. The van der Waals surface area contributed by atoms with Crippen LogP contribution in [0.25, 0.3) is 0 Å². The summed E-state index contributed by atoms with van der Waals surface area (Å²) in [6.45, 7) is 0. The van der Waals surface area contributed by atoms with E-state index in [1.165, 1.54) is 6.33 Å². The van der Waals surface area contributed by atoms with Gasteiger partial charge in [-0.2, -0.15) is 0 Å². The van der Waals surface area contributed by atoms with E-state index in [0.717, 1.165) is 14.7 Å². The van der Waals surface area contributed by atoms with Crippen molar-refractivity contribution in [2.75, 3.05) is 0 Å². The summed E-state index contributed by atoms with van der Waals surface area (Å²) in [5.74, 6) is 1.23. The molecule has 0 aliphatic carbocycles. The van der Waals surface area contributed by atoms with Gasteiger partial charge >= 0.3 is 0 Å². The summed E-state index contributed by atoms with van der Waals surface area (Å²) >= 11 is 6.68. The molecule has 0 aliphatic rings. The van der Waals surface area contributed by atoms with Gasteiger partial charge in [-0.05, 0) is 34.1 Å². The van der Waals surface area contributed by atoms with Gasteiger partial charge in [-0.3, -0.25) is 0 Å². The van der Waals surface area contributed by atoms with Crippen molar-refractivity contribution in [3.63, 3.8) is 0 Å². The molecule has 3 nitrogen and oxygen atoms in total. The standard InChI is InChI=1S/C10H6Br2N2O/c11-7-2-1-3-8(4-7)15-10-9(12)5-13-6-14-10/h1-6H. The second kappa shape index (κ2) is 4.72. The maximum atomic E-state index is 5.56. The van der Waals surface area contributed by atoms with Gasteiger partial charge in [0.1, 0.15) is 12.1 Å². The van der Waals surface area contributed by atoms with Gasteiger partial charge in [0.15, 0.2) is 0 Å². The molecule has 0 spiro atoms. The fraction of sp³-hybridized carbons (Fsp3) is 0. The third kappa shape index (κ3) is 2.76. The molecule has 0 aliphatic heterocycles. The molecule has 15 heavy (non-hydrogen) atoms. The first-order valence-electron chi connectivity index (χ1n) is 4.14. The summed E-state index contributed by atoms with van der Waals surface area (Å²) < 4.78 is 7.25. The van der Waals surface area contributed by atoms with Gasteiger partial charge in [-0.15, -0.1) is 0 Å². The highest BCUT2D eigenvalue weighted by Gasteiger charge is 2.03. The average Bonchev–Trinajstić information content (AvgIpc) is 2.22. The average molecular weight is 330 g/mol. The number of halogens is 2. The maximum Gasteiger partial charge on any atom is 0.236 e. The Balaban J connectivity index is 2.26. The molecule has 1 aromatic heterocycles. The molecule has 0 N–H and O–H groups in total. The van der Waals surface area contributed by atoms with Crippen molar-refractivity contribution in [3.05, 3.63) is 45.7 Å². The molecule has 76 valence electrons. The largest absolute Gasteiger partial charge is 0.438 e.